The Morgan fingerprint density at radius 3 is 2.52 bits per heavy atom. The van der Waals surface area contributed by atoms with Crippen LogP contribution in [-0.4, -0.2) is 38.0 Å². The molecule has 0 spiro atoms. The first kappa shape index (κ1) is 16.6. The fourth-order valence-electron chi connectivity index (χ4n) is 2.27. The fraction of sp³-hybridized carbons (Fsp3) is 0.294. The van der Waals surface area contributed by atoms with E-state index in [1.54, 1.807) is 44.3 Å². The number of ether oxygens (including phenoxy) is 2. The molecule has 1 aromatic carbocycles. The van der Waals surface area contributed by atoms with Crippen LogP contribution in [0.4, 0.5) is 0 Å². The van der Waals surface area contributed by atoms with E-state index in [1.807, 2.05) is 0 Å². The molecule has 1 amide bonds. The molecule has 0 aliphatic rings. The van der Waals surface area contributed by atoms with Crippen LogP contribution >= 0.6 is 0 Å². The smallest absolute Gasteiger partial charge is 0.341 e. The third-order valence-electron chi connectivity index (χ3n) is 3.45. The molecule has 0 unspecified atom stereocenters. The van der Waals surface area contributed by atoms with Crippen molar-refractivity contribution in [3.05, 3.63) is 53.0 Å². The molecule has 1 aromatic heterocycles. The third-order valence-corrected chi connectivity index (χ3v) is 3.45. The third kappa shape index (κ3) is 3.53. The average molecular weight is 317 g/mol. The standard InChI is InChI=1S/C17H19NO5/c1-11-14(17(20)22-4)9-12(23-11)10-18(2)16(19)13-7-5-6-8-15(13)21-3/h5-9H,10H2,1-4H3. The van der Waals surface area contributed by atoms with Crippen LogP contribution in [0, 0.1) is 6.92 Å². The number of hydrogen-bond donors (Lipinski definition) is 0. The number of hydrogen-bond acceptors (Lipinski definition) is 5. The van der Waals surface area contributed by atoms with Gasteiger partial charge in [0.1, 0.15) is 22.8 Å². The van der Waals surface area contributed by atoms with Crippen molar-refractivity contribution in [2.24, 2.45) is 0 Å². The molecule has 0 bridgehead atoms. The van der Waals surface area contributed by atoms with Crippen LogP contribution in [0.15, 0.2) is 34.7 Å². The number of amides is 1. The van der Waals surface area contributed by atoms with E-state index >= 15 is 0 Å². The lowest BCUT2D eigenvalue weighted by Gasteiger charge is -2.17. The molecule has 122 valence electrons. The molecule has 0 saturated heterocycles. The van der Waals surface area contributed by atoms with Crippen molar-refractivity contribution in [3.8, 4) is 5.75 Å². The van der Waals surface area contributed by atoms with Gasteiger partial charge in [-0.3, -0.25) is 4.79 Å². The van der Waals surface area contributed by atoms with E-state index < -0.39 is 5.97 Å². The Bertz CT molecular complexity index is 720. The Balaban J connectivity index is 2.17. The lowest BCUT2D eigenvalue weighted by atomic mass is 10.1. The Kier molecular flexibility index (Phi) is 5.05. The van der Waals surface area contributed by atoms with Gasteiger partial charge in [0.15, 0.2) is 0 Å². The molecule has 0 radical (unpaired) electrons. The average Bonchev–Trinajstić information content (AvgIpc) is 2.93. The summed E-state index contributed by atoms with van der Waals surface area (Å²) < 4.78 is 15.4. The summed E-state index contributed by atoms with van der Waals surface area (Å²) >= 11 is 0. The monoisotopic (exact) mass is 317 g/mol. The number of furan rings is 1. The first-order valence-corrected chi connectivity index (χ1v) is 7.04. The molecule has 2 rings (SSSR count). The van der Waals surface area contributed by atoms with Crippen LogP contribution in [0.2, 0.25) is 0 Å². The normalized spacial score (nSPS) is 10.3. The molecular weight excluding hydrogens is 298 g/mol. The lowest BCUT2D eigenvalue weighted by molar-refractivity contribution is 0.0598. The highest BCUT2D eigenvalue weighted by molar-refractivity contribution is 5.96. The van der Waals surface area contributed by atoms with Crippen molar-refractivity contribution >= 4 is 11.9 Å². The van der Waals surface area contributed by atoms with E-state index in [-0.39, 0.29) is 12.5 Å². The number of methoxy groups -OCH3 is 2. The molecule has 6 heteroatoms. The summed E-state index contributed by atoms with van der Waals surface area (Å²) in [6.07, 6.45) is 0. The molecule has 0 aliphatic heterocycles. The second kappa shape index (κ2) is 7.00. The maximum absolute atomic E-state index is 12.5. The molecule has 0 fully saturated rings. The molecule has 6 nitrogen and oxygen atoms in total. The Labute approximate surface area is 134 Å². The number of carbonyl (C=O) groups excluding carboxylic acids is 2. The highest BCUT2D eigenvalue weighted by Gasteiger charge is 2.20. The molecule has 0 saturated carbocycles. The van der Waals surface area contributed by atoms with Crippen molar-refractivity contribution in [2.45, 2.75) is 13.5 Å². The van der Waals surface area contributed by atoms with Gasteiger partial charge < -0.3 is 18.8 Å². The van der Waals surface area contributed by atoms with Gasteiger partial charge in [-0.2, -0.15) is 0 Å². The molecular formula is C17H19NO5. The summed E-state index contributed by atoms with van der Waals surface area (Å²) in [6.45, 7) is 1.91. The van der Waals surface area contributed by atoms with Gasteiger partial charge in [-0.25, -0.2) is 4.79 Å². The SMILES string of the molecule is COC(=O)c1cc(CN(C)C(=O)c2ccccc2OC)oc1C. The number of esters is 1. The van der Waals surface area contributed by atoms with Crippen molar-refractivity contribution in [2.75, 3.05) is 21.3 Å². The summed E-state index contributed by atoms with van der Waals surface area (Å²) in [5.41, 5.74) is 0.828. The topological polar surface area (TPSA) is 69.0 Å². The molecule has 23 heavy (non-hydrogen) atoms. The van der Waals surface area contributed by atoms with Crippen LogP contribution in [-0.2, 0) is 11.3 Å². The van der Waals surface area contributed by atoms with Gasteiger partial charge in [-0.1, -0.05) is 12.1 Å². The zero-order chi connectivity index (χ0) is 17.0. The molecule has 2 aromatic rings. The number of carbonyl (C=O) groups is 2. The summed E-state index contributed by atoms with van der Waals surface area (Å²) in [7, 11) is 4.49. The van der Waals surface area contributed by atoms with Crippen LogP contribution in [0.3, 0.4) is 0 Å². The van der Waals surface area contributed by atoms with Gasteiger partial charge in [-0.05, 0) is 25.1 Å². The number of aryl methyl sites for hydroxylation is 1. The Hall–Kier alpha value is -2.76. The molecule has 0 N–H and O–H groups in total. The largest absolute Gasteiger partial charge is 0.496 e. The lowest BCUT2D eigenvalue weighted by Crippen LogP contribution is -2.26. The van der Waals surface area contributed by atoms with Crippen molar-refractivity contribution in [3.63, 3.8) is 0 Å². The minimum atomic E-state index is -0.462. The quantitative estimate of drug-likeness (QED) is 0.793. The van der Waals surface area contributed by atoms with E-state index in [0.717, 1.165) is 0 Å². The van der Waals surface area contributed by atoms with Gasteiger partial charge in [0.05, 0.1) is 26.3 Å². The minimum absolute atomic E-state index is 0.198. The first-order chi connectivity index (χ1) is 11.0. The zero-order valence-corrected chi connectivity index (χ0v) is 13.6. The van der Waals surface area contributed by atoms with Crippen molar-refractivity contribution in [1.29, 1.82) is 0 Å². The Morgan fingerprint density at radius 2 is 1.87 bits per heavy atom. The van der Waals surface area contributed by atoms with Gasteiger partial charge in [0, 0.05) is 7.05 Å². The predicted octanol–water partition coefficient (Wildman–Crippen LogP) is 2.66. The summed E-state index contributed by atoms with van der Waals surface area (Å²) in [4.78, 5) is 25.6. The molecule has 0 aliphatic carbocycles. The van der Waals surface area contributed by atoms with Crippen molar-refractivity contribution < 1.29 is 23.5 Å². The summed E-state index contributed by atoms with van der Waals surface area (Å²) in [5.74, 6) is 0.821. The van der Waals surface area contributed by atoms with E-state index in [2.05, 4.69) is 4.74 Å². The minimum Gasteiger partial charge on any atom is -0.496 e. The second-order valence-corrected chi connectivity index (χ2v) is 5.04. The number of benzene rings is 1. The van der Waals surface area contributed by atoms with Gasteiger partial charge in [-0.15, -0.1) is 0 Å². The second-order valence-electron chi connectivity index (χ2n) is 5.04. The summed E-state index contributed by atoms with van der Waals surface area (Å²) in [6, 6.07) is 8.59. The first-order valence-electron chi connectivity index (χ1n) is 7.04. The van der Waals surface area contributed by atoms with Crippen molar-refractivity contribution in [1.82, 2.24) is 4.90 Å². The van der Waals surface area contributed by atoms with Gasteiger partial charge in [0.25, 0.3) is 5.91 Å². The maximum atomic E-state index is 12.5. The van der Waals surface area contributed by atoms with E-state index in [9.17, 15) is 9.59 Å². The van der Waals surface area contributed by atoms with Crippen LogP contribution in [0.25, 0.3) is 0 Å². The zero-order valence-electron chi connectivity index (χ0n) is 13.6. The number of para-hydroxylation sites is 1. The highest BCUT2D eigenvalue weighted by atomic mass is 16.5. The van der Waals surface area contributed by atoms with E-state index in [0.29, 0.717) is 28.4 Å². The molecule has 1 heterocycles. The van der Waals surface area contributed by atoms with Gasteiger partial charge in [0.2, 0.25) is 0 Å². The van der Waals surface area contributed by atoms with E-state index in [1.165, 1.54) is 19.1 Å². The predicted molar refractivity (Wildman–Crippen MR) is 83.6 cm³/mol. The van der Waals surface area contributed by atoms with E-state index in [4.69, 9.17) is 9.15 Å². The number of rotatable bonds is 5. The van der Waals surface area contributed by atoms with Crippen LogP contribution in [0.5, 0.6) is 5.75 Å². The van der Waals surface area contributed by atoms with Crippen LogP contribution in [0.1, 0.15) is 32.2 Å². The number of nitrogens with zero attached hydrogens (tertiary/aromatic N) is 1. The molecule has 0 atom stereocenters. The maximum Gasteiger partial charge on any atom is 0.341 e. The van der Waals surface area contributed by atoms with Crippen LogP contribution < -0.4 is 4.74 Å². The summed E-state index contributed by atoms with van der Waals surface area (Å²) in [5, 5.41) is 0. The fourth-order valence-corrected chi connectivity index (χ4v) is 2.27. The highest BCUT2D eigenvalue weighted by Crippen LogP contribution is 2.21. The van der Waals surface area contributed by atoms with Gasteiger partial charge >= 0.3 is 5.97 Å². The Morgan fingerprint density at radius 1 is 1.17 bits per heavy atom.